The van der Waals surface area contributed by atoms with Crippen molar-refractivity contribution < 1.29 is 4.52 Å². The van der Waals surface area contributed by atoms with Crippen molar-refractivity contribution in [3.05, 3.63) is 67.6 Å². The van der Waals surface area contributed by atoms with Crippen LogP contribution in [0.2, 0.25) is 5.02 Å². The summed E-state index contributed by atoms with van der Waals surface area (Å²) in [6.07, 6.45) is 4.91. The standard InChI is InChI=1S/C15H11BrClN5O2/c16-14-11(18)7-19-22(15(14)23)8-13-20-12(21-24-13)6-3-9-1-4-10(17)5-2-9/h1-7H,8,18H2/b6-3+. The molecule has 0 unspecified atom stereocenters. The molecule has 0 saturated heterocycles. The minimum absolute atomic E-state index is 0.0551. The Bertz CT molecular complexity index is 949. The molecule has 24 heavy (non-hydrogen) atoms. The van der Waals surface area contributed by atoms with Crippen LogP contribution in [0.5, 0.6) is 0 Å². The second-order valence-corrected chi connectivity index (χ2v) is 6.04. The highest BCUT2D eigenvalue weighted by Gasteiger charge is 2.10. The zero-order chi connectivity index (χ0) is 17.1. The molecule has 0 aliphatic carbocycles. The van der Waals surface area contributed by atoms with Gasteiger partial charge in [-0.2, -0.15) is 10.1 Å². The normalized spacial score (nSPS) is 11.2. The number of anilines is 1. The van der Waals surface area contributed by atoms with Gasteiger partial charge < -0.3 is 10.3 Å². The summed E-state index contributed by atoms with van der Waals surface area (Å²) in [4.78, 5) is 16.2. The molecule has 0 aliphatic rings. The van der Waals surface area contributed by atoms with Crippen LogP contribution in [0.15, 0.2) is 44.3 Å². The third-order valence-electron chi connectivity index (χ3n) is 3.08. The molecule has 0 fully saturated rings. The van der Waals surface area contributed by atoms with Gasteiger partial charge in [-0.25, -0.2) is 4.68 Å². The van der Waals surface area contributed by atoms with Crippen LogP contribution in [0, 0.1) is 0 Å². The first-order valence-electron chi connectivity index (χ1n) is 6.80. The lowest BCUT2D eigenvalue weighted by atomic mass is 10.2. The van der Waals surface area contributed by atoms with Gasteiger partial charge in [0.15, 0.2) is 5.82 Å². The fourth-order valence-electron chi connectivity index (χ4n) is 1.86. The molecule has 122 valence electrons. The molecule has 9 heteroatoms. The maximum atomic E-state index is 12.0. The number of aromatic nitrogens is 4. The van der Waals surface area contributed by atoms with Crippen LogP contribution in [-0.4, -0.2) is 19.9 Å². The van der Waals surface area contributed by atoms with Gasteiger partial charge in [0.1, 0.15) is 11.0 Å². The van der Waals surface area contributed by atoms with Crippen molar-refractivity contribution in [2.45, 2.75) is 6.54 Å². The topological polar surface area (TPSA) is 99.8 Å². The van der Waals surface area contributed by atoms with E-state index in [1.54, 1.807) is 18.2 Å². The van der Waals surface area contributed by atoms with E-state index in [-0.39, 0.29) is 28.2 Å². The van der Waals surface area contributed by atoms with Crippen molar-refractivity contribution in [1.82, 2.24) is 19.9 Å². The number of nitrogen functional groups attached to an aromatic ring is 1. The highest BCUT2D eigenvalue weighted by atomic mass is 79.9. The first-order valence-corrected chi connectivity index (χ1v) is 7.97. The van der Waals surface area contributed by atoms with Gasteiger partial charge in [0.05, 0.1) is 11.9 Å². The van der Waals surface area contributed by atoms with Crippen LogP contribution in [-0.2, 0) is 6.54 Å². The average Bonchev–Trinajstić information content (AvgIpc) is 3.02. The van der Waals surface area contributed by atoms with E-state index in [9.17, 15) is 4.79 Å². The molecule has 0 saturated carbocycles. The number of nitrogens with two attached hydrogens (primary N) is 1. The van der Waals surface area contributed by atoms with E-state index in [0.29, 0.717) is 10.8 Å². The van der Waals surface area contributed by atoms with Gasteiger partial charge in [-0.1, -0.05) is 35.0 Å². The Morgan fingerprint density at radius 1 is 1.29 bits per heavy atom. The minimum Gasteiger partial charge on any atom is -0.396 e. The number of hydrogen-bond acceptors (Lipinski definition) is 6. The molecule has 3 aromatic rings. The van der Waals surface area contributed by atoms with Gasteiger partial charge in [0, 0.05) is 5.02 Å². The smallest absolute Gasteiger partial charge is 0.283 e. The molecule has 7 nitrogen and oxygen atoms in total. The number of rotatable bonds is 4. The fourth-order valence-corrected chi connectivity index (χ4v) is 2.30. The van der Waals surface area contributed by atoms with Crippen molar-refractivity contribution in [2.75, 3.05) is 5.73 Å². The molecule has 0 aliphatic heterocycles. The lowest BCUT2D eigenvalue weighted by Gasteiger charge is -2.02. The average molecular weight is 409 g/mol. The Labute approximate surface area is 149 Å². The van der Waals surface area contributed by atoms with Crippen LogP contribution in [0.1, 0.15) is 17.3 Å². The molecule has 2 N–H and O–H groups in total. The zero-order valence-corrected chi connectivity index (χ0v) is 14.5. The third-order valence-corrected chi connectivity index (χ3v) is 4.12. The van der Waals surface area contributed by atoms with E-state index >= 15 is 0 Å². The second-order valence-electron chi connectivity index (χ2n) is 4.81. The summed E-state index contributed by atoms with van der Waals surface area (Å²) >= 11 is 8.95. The highest BCUT2D eigenvalue weighted by Crippen LogP contribution is 2.13. The number of nitrogens with zero attached hydrogens (tertiary/aromatic N) is 4. The van der Waals surface area contributed by atoms with E-state index < -0.39 is 0 Å². The fraction of sp³-hybridized carbons (Fsp3) is 0.0667. The number of hydrogen-bond donors (Lipinski definition) is 1. The predicted molar refractivity (Wildman–Crippen MR) is 94.4 cm³/mol. The summed E-state index contributed by atoms with van der Waals surface area (Å²) in [5.74, 6) is 0.652. The van der Waals surface area contributed by atoms with Gasteiger partial charge >= 0.3 is 0 Å². The van der Waals surface area contributed by atoms with E-state index in [1.165, 1.54) is 10.9 Å². The van der Waals surface area contributed by atoms with Crippen molar-refractivity contribution in [3.8, 4) is 0 Å². The Kier molecular flexibility index (Phi) is 4.77. The van der Waals surface area contributed by atoms with E-state index in [1.807, 2.05) is 18.2 Å². The Morgan fingerprint density at radius 2 is 2.04 bits per heavy atom. The first-order chi connectivity index (χ1) is 11.5. The van der Waals surface area contributed by atoms with E-state index in [0.717, 1.165) is 5.56 Å². The van der Waals surface area contributed by atoms with Crippen LogP contribution in [0.25, 0.3) is 12.2 Å². The van der Waals surface area contributed by atoms with E-state index in [4.69, 9.17) is 21.9 Å². The summed E-state index contributed by atoms with van der Waals surface area (Å²) in [6.45, 7) is 0.0551. The first kappa shape index (κ1) is 16.4. The molecule has 2 heterocycles. The molecule has 0 spiro atoms. The van der Waals surface area contributed by atoms with Crippen molar-refractivity contribution in [1.29, 1.82) is 0 Å². The maximum absolute atomic E-state index is 12.0. The Morgan fingerprint density at radius 3 is 2.79 bits per heavy atom. The summed E-state index contributed by atoms with van der Waals surface area (Å²) < 4.78 is 6.55. The highest BCUT2D eigenvalue weighted by molar-refractivity contribution is 9.10. The van der Waals surface area contributed by atoms with Gasteiger partial charge in [0.2, 0.25) is 5.89 Å². The Hall–Kier alpha value is -2.45. The minimum atomic E-state index is -0.369. The van der Waals surface area contributed by atoms with Crippen LogP contribution in [0.4, 0.5) is 5.69 Å². The van der Waals surface area contributed by atoms with Crippen LogP contribution < -0.4 is 11.3 Å². The molecular weight excluding hydrogens is 398 g/mol. The number of halogens is 2. The lowest BCUT2D eigenvalue weighted by Crippen LogP contribution is -2.24. The lowest BCUT2D eigenvalue weighted by molar-refractivity contribution is 0.361. The molecule has 1 aromatic carbocycles. The molecule has 0 radical (unpaired) electrons. The largest absolute Gasteiger partial charge is 0.396 e. The molecule has 2 aromatic heterocycles. The second kappa shape index (κ2) is 6.98. The van der Waals surface area contributed by atoms with Crippen LogP contribution in [0.3, 0.4) is 0 Å². The SMILES string of the molecule is Nc1cnn(Cc2nc(/C=C/c3ccc(Cl)cc3)no2)c(=O)c1Br. The van der Waals surface area contributed by atoms with Crippen molar-refractivity contribution in [3.63, 3.8) is 0 Å². The van der Waals surface area contributed by atoms with E-state index in [2.05, 4.69) is 31.2 Å². The van der Waals surface area contributed by atoms with Gasteiger partial charge in [0.25, 0.3) is 5.56 Å². The molecule has 0 amide bonds. The quantitative estimate of drug-likeness (QED) is 0.712. The number of benzene rings is 1. The Balaban J connectivity index is 1.75. The van der Waals surface area contributed by atoms with Gasteiger partial charge in [-0.05, 0) is 39.7 Å². The molecule has 3 rings (SSSR count). The summed E-state index contributed by atoms with van der Waals surface area (Å²) in [6, 6.07) is 7.32. The van der Waals surface area contributed by atoms with Gasteiger partial charge in [-0.3, -0.25) is 4.79 Å². The molecule has 0 bridgehead atoms. The maximum Gasteiger partial charge on any atom is 0.283 e. The monoisotopic (exact) mass is 407 g/mol. The summed E-state index contributed by atoms with van der Waals surface area (Å²) in [5.41, 5.74) is 6.45. The zero-order valence-electron chi connectivity index (χ0n) is 12.2. The van der Waals surface area contributed by atoms with Gasteiger partial charge in [-0.15, -0.1) is 0 Å². The predicted octanol–water partition coefficient (Wildman–Crippen LogP) is 2.84. The molecular formula is C15H11BrClN5O2. The molecule has 0 atom stereocenters. The summed E-state index contributed by atoms with van der Waals surface area (Å²) in [5, 5.41) is 8.44. The van der Waals surface area contributed by atoms with Crippen LogP contribution >= 0.6 is 27.5 Å². The van der Waals surface area contributed by atoms with Crippen molar-refractivity contribution >= 4 is 45.4 Å². The van der Waals surface area contributed by atoms with Crippen molar-refractivity contribution in [2.24, 2.45) is 0 Å². The third kappa shape index (κ3) is 3.72. The summed E-state index contributed by atoms with van der Waals surface area (Å²) in [7, 11) is 0.